The molecule has 1 fully saturated rings. The van der Waals surface area contributed by atoms with Gasteiger partial charge in [-0.2, -0.15) is 0 Å². The van der Waals surface area contributed by atoms with E-state index in [9.17, 15) is 0 Å². The Morgan fingerprint density at radius 3 is 2.35 bits per heavy atom. The number of rotatable bonds is 8. The van der Waals surface area contributed by atoms with Gasteiger partial charge in [0.15, 0.2) is 0 Å². The Morgan fingerprint density at radius 2 is 1.82 bits per heavy atom. The van der Waals surface area contributed by atoms with Crippen LogP contribution in [0.2, 0.25) is 0 Å². The van der Waals surface area contributed by atoms with Crippen LogP contribution in [0.5, 0.6) is 0 Å². The molecule has 0 aromatic carbocycles. The Kier molecular flexibility index (Phi) is 7.14. The molecule has 0 aromatic heterocycles. The van der Waals surface area contributed by atoms with Crippen molar-refractivity contribution < 1.29 is 0 Å². The van der Waals surface area contributed by atoms with Gasteiger partial charge in [-0.25, -0.2) is 0 Å². The highest BCUT2D eigenvalue weighted by Crippen LogP contribution is 2.22. The zero-order chi connectivity index (χ0) is 12.7. The van der Waals surface area contributed by atoms with Crippen molar-refractivity contribution >= 4 is 0 Å². The molecule has 1 N–H and O–H groups in total. The maximum absolute atomic E-state index is 3.64. The predicted molar refractivity (Wildman–Crippen MR) is 76.4 cm³/mol. The van der Waals surface area contributed by atoms with Crippen molar-refractivity contribution in [1.82, 2.24) is 10.2 Å². The van der Waals surface area contributed by atoms with Crippen molar-refractivity contribution in [3.63, 3.8) is 0 Å². The molecule has 1 heterocycles. The molecule has 102 valence electrons. The van der Waals surface area contributed by atoms with E-state index in [0.717, 1.165) is 17.9 Å². The minimum absolute atomic E-state index is 0.743. The fourth-order valence-electron chi connectivity index (χ4n) is 2.79. The molecule has 1 saturated heterocycles. The number of nitrogens with zero attached hydrogens (tertiary/aromatic N) is 1. The summed E-state index contributed by atoms with van der Waals surface area (Å²) in [4.78, 5) is 2.65. The normalized spacial score (nSPS) is 27.5. The van der Waals surface area contributed by atoms with E-state index >= 15 is 0 Å². The topological polar surface area (TPSA) is 15.3 Å². The summed E-state index contributed by atoms with van der Waals surface area (Å²) in [6.45, 7) is 14.4. The summed E-state index contributed by atoms with van der Waals surface area (Å²) in [5.74, 6) is 1.80. The first-order chi connectivity index (χ1) is 8.17. The first kappa shape index (κ1) is 15.0. The van der Waals surface area contributed by atoms with Crippen LogP contribution >= 0.6 is 0 Å². The van der Waals surface area contributed by atoms with Gasteiger partial charge in [0.2, 0.25) is 0 Å². The smallest absolute Gasteiger partial charge is 0.00649 e. The third kappa shape index (κ3) is 5.39. The molecule has 1 aliphatic rings. The van der Waals surface area contributed by atoms with Crippen molar-refractivity contribution in [3.05, 3.63) is 0 Å². The van der Waals surface area contributed by atoms with Crippen LogP contribution in [0.3, 0.4) is 0 Å². The maximum Gasteiger partial charge on any atom is 0.00649 e. The van der Waals surface area contributed by atoms with Crippen molar-refractivity contribution in [3.8, 4) is 0 Å². The van der Waals surface area contributed by atoms with E-state index in [0.29, 0.717) is 0 Å². The van der Waals surface area contributed by atoms with Gasteiger partial charge in [0.05, 0.1) is 0 Å². The predicted octanol–water partition coefficient (Wildman–Crippen LogP) is 3.13. The first-order valence-corrected chi connectivity index (χ1v) is 7.63. The van der Waals surface area contributed by atoms with Crippen LogP contribution in [0, 0.1) is 11.8 Å². The number of hydrogen-bond donors (Lipinski definition) is 1. The van der Waals surface area contributed by atoms with Gasteiger partial charge in [-0.3, -0.25) is 0 Å². The molecule has 0 aromatic rings. The first-order valence-electron chi connectivity index (χ1n) is 7.63. The molecule has 2 heteroatoms. The van der Waals surface area contributed by atoms with Crippen LogP contribution in [0.15, 0.2) is 0 Å². The highest BCUT2D eigenvalue weighted by atomic mass is 15.1. The molecule has 0 amide bonds. The van der Waals surface area contributed by atoms with Crippen molar-refractivity contribution in [2.45, 2.75) is 59.4 Å². The number of nitrogens with one attached hydrogen (secondary N) is 1. The second-order valence-electron chi connectivity index (χ2n) is 5.92. The Hall–Kier alpha value is -0.0800. The molecule has 0 radical (unpaired) electrons. The zero-order valence-corrected chi connectivity index (χ0v) is 12.3. The fourth-order valence-corrected chi connectivity index (χ4v) is 2.79. The van der Waals surface area contributed by atoms with E-state index in [-0.39, 0.29) is 0 Å². The van der Waals surface area contributed by atoms with Gasteiger partial charge in [-0.05, 0) is 50.6 Å². The number of likely N-dealkylation sites (tertiary alicyclic amines) is 1. The minimum atomic E-state index is 0.743. The molecule has 17 heavy (non-hydrogen) atoms. The van der Waals surface area contributed by atoms with Crippen LogP contribution in [0.4, 0.5) is 0 Å². The van der Waals surface area contributed by atoms with E-state index in [1.165, 1.54) is 51.9 Å². The maximum atomic E-state index is 3.64. The Balaban J connectivity index is 2.10. The lowest BCUT2D eigenvalue weighted by Gasteiger charge is -2.19. The van der Waals surface area contributed by atoms with Crippen LogP contribution in [-0.2, 0) is 0 Å². The molecule has 0 aliphatic carbocycles. The van der Waals surface area contributed by atoms with E-state index < -0.39 is 0 Å². The van der Waals surface area contributed by atoms with Gasteiger partial charge < -0.3 is 10.2 Å². The van der Waals surface area contributed by atoms with Gasteiger partial charge in [-0.1, -0.05) is 27.7 Å². The highest BCUT2D eigenvalue weighted by molar-refractivity contribution is 4.78. The molecule has 1 aliphatic heterocycles. The van der Waals surface area contributed by atoms with Gasteiger partial charge >= 0.3 is 0 Å². The molecular weight excluding hydrogens is 208 g/mol. The summed E-state index contributed by atoms with van der Waals surface area (Å²) in [6.07, 6.45) is 5.22. The molecular formula is C15H32N2. The van der Waals surface area contributed by atoms with Crippen LogP contribution in [0.1, 0.15) is 53.4 Å². The van der Waals surface area contributed by atoms with E-state index in [4.69, 9.17) is 0 Å². The third-order valence-corrected chi connectivity index (χ3v) is 4.27. The lowest BCUT2D eigenvalue weighted by Crippen LogP contribution is -2.30. The largest absolute Gasteiger partial charge is 0.314 e. The summed E-state index contributed by atoms with van der Waals surface area (Å²) < 4.78 is 0. The molecule has 0 bridgehead atoms. The molecule has 0 saturated carbocycles. The Bertz CT molecular complexity index is 183. The monoisotopic (exact) mass is 240 g/mol. The van der Waals surface area contributed by atoms with Gasteiger partial charge in [0.1, 0.15) is 0 Å². The summed E-state index contributed by atoms with van der Waals surface area (Å²) >= 11 is 0. The Labute approximate surface area is 108 Å². The second kappa shape index (κ2) is 8.10. The highest BCUT2D eigenvalue weighted by Gasteiger charge is 2.25. The van der Waals surface area contributed by atoms with Crippen molar-refractivity contribution in [2.24, 2.45) is 11.8 Å². The summed E-state index contributed by atoms with van der Waals surface area (Å²) in [5, 5.41) is 3.64. The number of hydrogen-bond acceptors (Lipinski definition) is 2. The minimum Gasteiger partial charge on any atom is -0.314 e. The van der Waals surface area contributed by atoms with Crippen molar-refractivity contribution in [2.75, 3.05) is 26.2 Å². The van der Waals surface area contributed by atoms with Crippen LogP contribution in [-0.4, -0.2) is 37.1 Å². The third-order valence-electron chi connectivity index (χ3n) is 4.27. The SMILES string of the molecule is CCCNC(CC)CCCN1CC(C)C(C)C1. The van der Waals surface area contributed by atoms with E-state index in [2.05, 4.69) is 37.9 Å². The molecule has 2 nitrogen and oxygen atoms in total. The average molecular weight is 240 g/mol. The van der Waals surface area contributed by atoms with E-state index in [1.54, 1.807) is 0 Å². The van der Waals surface area contributed by atoms with Gasteiger partial charge in [0, 0.05) is 19.1 Å². The summed E-state index contributed by atoms with van der Waals surface area (Å²) in [7, 11) is 0. The molecule has 3 unspecified atom stereocenters. The fraction of sp³-hybridized carbons (Fsp3) is 1.00. The summed E-state index contributed by atoms with van der Waals surface area (Å²) in [6, 6.07) is 0.743. The van der Waals surface area contributed by atoms with Crippen LogP contribution < -0.4 is 5.32 Å². The Morgan fingerprint density at radius 1 is 1.18 bits per heavy atom. The standard InChI is InChI=1S/C15H32N2/c1-5-9-16-15(6-2)8-7-10-17-11-13(3)14(4)12-17/h13-16H,5-12H2,1-4H3. The second-order valence-corrected chi connectivity index (χ2v) is 5.92. The molecule has 3 atom stereocenters. The summed E-state index contributed by atoms with van der Waals surface area (Å²) in [5.41, 5.74) is 0. The zero-order valence-electron chi connectivity index (χ0n) is 12.3. The lowest BCUT2D eigenvalue weighted by atomic mass is 10.0. The van der Waals surface area contributed by atoms with Gasteiger partial charge in [0.25, 0.3) is 0 Å². The molecule has 1 rings (SSSR count). The van der Waals surface area contributed by atoms with E-state index in [1.807, 2.05) is 0 Å². The molecule has 0 spiro atoms. The average Bonchev–Trinajstić information content (AvgIpc) is 2.63. The van der Waals surface area contributed by atoms with Gasteiger partial charge in [-0.15, -0.1) is 0 Å². The quantitative estimate of drug-likeness (QED) is 0.701. The van der Waals surface area contributed by atoms with Crippen molar-refractivity contribution in [1.29, 1.82) is 0 Å². The lowest BCUT2D eigenvalue weighted by molar-refractivity contribution is 0.305. The van der Waals surface area contributed by atoms with Crippen LogP contribution in [0.25, 0.3) is 0 Å².